The van der Waals surface area contributed by atoms with Crippen LogP contribution in [0.4, 0.5) is 4.79 Å². The quantitative estimate of drug-likeness (QED) is 0.136. The Bertz CT molecular complexity index is 2360. The first-order valence-corrected chi connectivity index (χ1v) is 23.3. The highest BCUT2D eigenvalue weighted by Crippen LogP contribution is 2.46. The fourth-order valence-corrected chi connectivity index (χ4v) is 10.2. The molecule has 2 aromatic carbocycles. The van der Waals surface area contributed by atoms with E-state index in [0.717, 1.165) is 37.7 Å². The van der Waals surface area contributed by atoms with E-state index in [0.29, 0.717) is 40.9 Å². The van der Waals surface area contributed by atoms with Crippen LogP contribution in [0.15, 0.2) is 67.3 Å². The van der Waals surface area contributed by atoms with Gasteiger partial charge in [-0.2, -0.15) is 0 Å². The van der Waals surface area contributed by atoms with Crippen LogP contribution < -0.4 is 35.5 Å². The molecule has 17 heteroatoms. The Balaban J connectivity index is 1.19. The van der Waals surface area contributed by atoms with E-state index in [2.05, 4.69) is 32.6 Å². The molecule has 3 aliphatic carbocycles. The molecule has 7 rings (SSSR count). The summed E-state index contributed by atoms with van der Waals surface area (Å²) in [4.78, 5) is 76.4. The molecule has 5 N–H and O–H groups in total. The normalized spacial score (nSPS) is 23.4. The topological polar surface area (TPSA) is 214 Å². The van der Waals surface area contributed by atoms with Crippen LogP contribution in [-0.2, 0) is 29.2 Å². The predicted molar refractivity (Wildman–Crippen MR) is 237 cm³/mol. The van der Waals surface area contributed by atoms with Gasteiger partial charge in [-0.25, -0.2) is 18.2 Å². The number of likely N-dealkylation sites (N-methyl/N-ethyl adjacent to an activating group) is 1. The molecule has 1 aliphatic heterocycles. The first-order chi connectivity index (χ1) is 30.0. The van der Waals surface area contributed by atoms with Gasteiger partial charge in [-0.15, -0.1) is 6.58 Å². The van der Waals surface area contributed by atoms with Crippen LogP contribution in [0.25, 0.3) is 22.2 Å². The Hall–Kier alpha value is -5.71. The Morgan fingerprint density at radius 2 is 1.67 bits per heavy atom. The van der Waals surface area contributed by atoms with Crippen LogP contribution in [0.2, 0.25) is 0 Å². The first kappa shape index (κ1) is 45.3. The van der Waals surface area contributed by atoms with Gasteiger partial charge in [0, 0.05) is 42.5 Å². The second-order valence-electron chi connectivity index (χ2n) is 18.3. The minimum absolute atomic E-state index is 0.0124. The van der Waals surface area contributed by atoms with Crippen LogP contribution >= 0.6 is 0 Å². The van der Waals surface area contributed by atoms with Gasteiger partial charge in [0.1, 0.15) is 41.3 Å². The molecule has 0 bridgehead atoms. The fraction of sp³-hybridized carbons (Fsp3) is 0.522. The van der Waals surface area contributed by atoms with Crippen molar-refractivity contribution in [2.45, 2.75) is 114 Å². The lowest BCUT2D eigenvalue weighted by atomic mass is 9.82. The predicted octanol–water partition coefficient (Wildman–Crippen LogP) is 4.34. The van der Waals surface area contributed by atoms with Gasteiger partial charge in [0.15, 0.2) is 0 Å². The molecule has 0 spiro atoms. The summed E-state index contributed by atoms with van der Waals surface area (Å²) in [6, 6.07) is 12.8. The number of ether oxygens (including phenoxy) is 2. The van der Waals surface area contributed by atoms with Gasteiger partial charge < -0.3 is 35.6 Å². The number of amides is 6. The molecule has 63 heavy (non-hydrogen) atoms. The molecular weight excluding hydrogens is 827 g/mol. The smallest absolute Gasteiger partial charge is 0.319 e. The van der Waals surface area contributed by atoms with Crippen molar-refractivity contribution < 1.29 is 41.9 Å². The number of nitrogens with zero attached hydrogens (tertiary/aromatic N) is 2. The maximum absolute atomic E-state index is 14.7. The summed E-state index contributed by atoms with van der Waals surface area (Å²) in [5.41, 5.74) is -0.416. The number of benzene rings is 2. The third-order valence-electron chi connectivity index (χ3n) is 12.8. The maximum atomic E-state index is 14.7. The van der Waals surface area contributed by atoms with Gasteiger partial charge >= 0.3 is 6.03 Å². The van der Waals surface area contributed by atoms with Crippen LogP contribution in [-0.4, -0.2) is 104 Å². The number of hydrogen-bond acceptors (Lipinski definition) is 10. The minimum atomic E-state index is -3.95. The third kappa shape index (κ3) is 9.93. The number of hydrogen-bond donors (Lipinski definition) is 5. The number of fused-ring (bicyclic) bond motifs is 1. The first-order valence-electron chi connectivity index (χ1n) is 21.8. The van der Waals surface area contributed by atoms with Crippen LogP contribution in [0.1, 0.15) is 78.6 Å². The lowest BCUT2D eigenvalue weighted by molar-refractivity contribution is -0.136. The van der Waals surface area contributed by atoms with Gasteiger partial charge in [0.05, 0.1) is 30.1 Å². The van der Waals surface area contributed by atoms with Crippen molar-refractivity contribution in [1.29, 1.82) is 0 Å². The Morgan fingerprint density at radius 3 is 2.29 bits per heavy atom. The van der Waals surface area contributed by atoms with E-state index >= 15 is 0 Å². The molecule has 16 nitrogen and oxygen atoms in total. The number of likely N-dealkylation sites (tertiary alicyclic amines) is 1. The second-order valence-corrected chi connectivity index (χ2v) is 20.3. The van der Waals surface area contributed by atoms with E-state index in [9.17, 15) is 32.4 Å². The monoisotopic (exact) mass is 885 g/mol. The molecule has 6 atom stereocenters. The molecule has 1 aromatic heterocycles. The van der Waals surface area contributed by atoms with Gasteiger partial charge in [-0.05, 0) is 55.6 Å². The van der Waals surface area contributed by atoms with Crippen molar-refractivity contribution >= 4 is 50.6 Å². The fourth-order valence-electron chi connectivity index (χ4n) is 8.84. The molecule has 1 saturated heterocycles. The maximum Gasteiger partial charge on any atom is 0.319 e. The van der Waals surface area contributed by atoms with Crippen molar-refractivity contribution in [3.63, 3.8) is 0 Å². The molecule has 3 saturated carbocycles. The average Bonchev–Trinajstić information content (AvgIpc) is 4.20. The Labute approximate surface area is 368 Å². The molecule has 0 radical (unpaired) electrons. The number of pyridine rings is 1. The summed E-state index contributed by atoms with van der Waals surface area (Å²) in [6.45, 7) is 9.08. The summed E-state index contributed by atoms with van der Waals surface area (Å²) >= 11 is 0. The highest BCUT2D eigenvalue weighted by molar-refractivity contribution is 7.91. The Kier molecular flexibility index (Phi) is 13.1. The molecule has 4 aliphatic rings. The summed E-state index contributed by atoms with van der Waals surface area (Å²) in [7, 11) is -0.859. The number of carbonyl (C=O) groups excluding carboxylic acids is 5. The number of methoxy groups -OCH3 is 1. The highest BCUT2D eigenvalue weighted by atomic mass is 32.2. The van der Waals surface area contributed by atoms with Crippen LogP contribution in [0.3, 0.4) is 0 Å². The van der Waals surface area contributed by atoms with Crippen LogP contribution in [0, 0.1) is 17.3 Å². The zero-order valence-corrected chi connectivity index (χ0v) is 37.4. The van der Waals surface area contributed by atoms with Crippen molar-refractivity contribution in [2.75, 3.05) is 20.7 Å². The Morgan fingerprint density at radius 1 is 0.952 bits per heavy atom. The highest BCUT2D eigenvalue weighted by Gasteiger charge is 2.62. The van der Waals surface area contributed by atoms with Gasteiger partial charge in [-0.1, -0.05) is 76.4 Å². The number of sulfonamides is 1. The second kappa shape index (κ2) is 18.2. The molecule has 6 amide bonds. The number of nitrogens with one attached hydrogen (secondary N) is 5. The van der Waals surface area contributed by atoms with E-state index in [-0.39, 0.29) is 31.2 Å². The zero-order valence-electron chi connectivity index (χ0n) is 36.6. The summed E-state index contributed by atoms with van der Waals surface area (Å²) in [5, 5.41) is 11.3. The van der Waals surface area contributed by atoms with E-state index < -0.39 is 80.1 Å². The molecule has 338 valence electrons. The van der Waals surface area contributed by atoms with Gasteiger partial charge in [0.2, 0.25) is 27.7 Å². The molecule has 4 fully saturated rings. The van der Waals surface area contributed by atoms with E-state index in [1.54, 1.807) is 46.1 Å². The number of aromatic nitrogens is 1. The molecule has 2 heterocycles. The van der Waals surface area contributed by atoms with Crippen molar-refractivity contribution in [2.24, 2.45) is 17.3 Å². The average molecular weight is 886 g/mol. The summed E-state index contributed by atoms with van der Waals surface area (Å²) in [6.07, 6.45) is 6.19. The molecular formula is C46H59N7O9S. The summed E-state index contributed by atoms with van der Waals surface area (Å²) in [5.74, 6) is -1.98. The van der Waals surface area contributed by atoms with Gasteiger partial charge in [-0.3, -0.25) is 23.9 Å². The zero-order chi connectivity index (χ0) is 45.3. The third-order valence-corrected chi connectivity index (χ3v) is 14.6. The van der Waals surface area contributed by atoms with Crippen molar-refractivity contribution in [1.82, 2.24) is 35.9 Å². The standard InChI is InChI=1S/C46H59N7O9S/c1-7-29-25-46(29,43(57)52-63(59,60)32-19-20-32)51-44(58)53-26-31(62-37-24-34(27-14-10-8-11-15-27)48-35-22-30(61-6)18-21-33(35)37)23-36(53)40(54)50-39(45(2,3)4)42(56)49-38(41(55)47-5)28-16-12-9-13-17-28/h7-8,10-11,14-15,18,21-22,24,28-29,31-32,36,38-39H,1,9,12-13,16-17,19-20,23,25-26H2,2-6H3,(H,47,55)(H,49,56)(H,50,54)(H,51,58)(H,52,57)/t29?,31-,36-,38-,39+,46?/m0/s1. The van der Waals surface area contributed by atoms with Gasteiger partial charge in [0.25, 0.3) is 5.91 Å². The van der Waals surface area contributed by atoms with E-state index in [1.807, 2.05) is 36.4 Å². The van der Waals surface area contributed by atoms with Crippen molar-refractivity contribution in [3.05, 3.63) is 67.3 Å². The summed E-state index contributed by atoms with van der Waals surface area (Å²) < 4.78 is 40.1. The molecule has 2 unspecified atom stereocenters. The lowest BCUT2D eigenvalue weighted by Crippen LogP contribution is -2.62. The van der Waals surface area contributed by atoms with E-state index in [4.69, 9.17) is 14.5 Å². The minimum Gasteiger partial charge on any atom is -0.497 e. The largest absolute Gasteiger partial charge is 0.497 e. The number of urea groups is 1. The van der Waals surface area contributed by atoms with Crippen LogP contribution in [0.5, 0.6) is 11.5 Å². The molecule has 3 aromatic rings. The lowest BCUT2D eigenvalue weighted by Gasteiger charge is -2.35. The van der Waals surface area contributed by atoms with E-state index in [1.165, 1.54) is 18.0 Å². The van der Waals surface area contributed by atoms with Crippen molar-refractivity contribution in [3.8, 4) is 22.8 Å². The number of rotatable bonds is 15. The SMILES string of the molecule is C=CC1CC1(NC(=O)N1C[C@@H](Oc2cc(-c3ccccc3)nc3cc(OC)ccc23)C[C@H]1C(=O)N[C@H](C(=O)N[C@H](C(=O)NC)C1CCCCC1)C(C)(C)C)C(=O)NS(=O)(=O)C1CC1. The number of carbonyl (C=O) groups is 5.